The Labute approximate surface area is 92.0 Å². The summed E-state index contributed by atoms with van der Waals surface area (Å²) in [5.74, 6) is 0.696. The second-order valence-electron chi connectivity index (χ2n) is 3.20. The highest BCUT2D eigenvalue weighted by atomic mass is 79.9. The van der Waals surface area contributed by atoms with Crippen molar-refractivity contribution in [3.05, 3.63) is 28.2 Å². The van der Waals surface area contributed by atoms with E-state index < -0.39 is 6.10 Å². The third-order valence-corrected chi connectivity index (χ3v) is 2.67. The van der Waals surface area contributed by atoms with Crippen LogP contribution in [-0.2, 0) is 0 Å². The Morgan fingerprint density at radius 2 is 2.14 bits per heavy atom. The molecular weight excluding hydrogens is 246 g/mol. The van der Waals surface area contributed by atoms with Crippen LogP contribution in [0, 0.1) is 0 Å². The van der Waals surface area contributed by atoms with Gasteiger partial charge in [0.1, 0.15) is 5.75 Å². The fourth-order valence-electron chi connectivity index (χ4n) is 1.16. The van der Waals surface area contributed by atoms with Crippen LogP contribution in [0.3, 0.4) is 0 Å². The normalized spacial score (nSPS) is 14.9. The van der Waals surface area contributed by atoms with Crippen LogP contribution in [-0.4, -0.2) is 18.3 Å². The first-order chi connectivity index (χ1) is 6.56. The molecule has 3 N–H and O–H groups in total. The molecule has 0 aliphatic carbocycles. The number of halogens is 1. The molecule has 0 saturated heterocycles. The molecule has 0 aliphatic rings. The van der Waals surface area contributed by atoms with Crippen molar-refractivity contribution < 1.29 is 9.84 Å². The van der Waals surface area contributed by atoms with Gasteiger partial charge in [0.05, 0.1) is 17.7 Å². The first kappa shape index (κ1) is 11.5. The van der Waals surface area contributed by atoms with Gasteiger partial charge < -0.3 is 15.6 Å². The lowest BCUT2D eigenvalue weighted by molar-refractivity contribution is 0.153. The zero-order valence-electron chi connectivity index (χ0n) is 8.20. The molecule has 0 bridgehead atoms. The molecule has 0 saturated carbocycles. The van der Waals surface area contributed by atoms with Crippen LogP contribution in [0.25, 0.3) is 0 Å². The Bertz CT molecular complexity index is 315. The predicted octanol–water partition coefficient (Wildman–Crippen LogP) is 1.84. The van der Waals surface area contributed by atoms with E-state index in [4.69, 9.17) is 10.5 Å². The molecule has 1 rings (SSSR count). The van der Waals surface area contributed by atoms with Crippen LogP contribution in [0.4, 0.5) is 0 Å². The van der Waals surface area contributed by atoms with E-state index in [-0.39, 0.29) is 6.04 Å². The van der Waals surface area contributed by atoms with Gasteiger partial charge in [0.2, 0.25) is 0 Å². The summed E-state index contributed by atoms with van der Waals surface area (Å²) in [5.41, 5.74) is 6.36. The molecule has 4 heteroatoms. The number of aliphatic hydroxyl groups excluding tert-OH is 1. The number of hydrogen-bond donors (Lipinski definition) is 2. The first-order valence-electron chi connectivity index (χ1n) is 4.33. The SMILES string of the molecule is COc1cc(C(O)C(C)N)ccc1Br. The van der Waals surface area contributed by atoms with Gasteiger partial charge in [0, 0.05) is 6.04 Å². The van der Waals surface area contributed by atoms with Crippen LogP contribution in [0.1, 0.15) is 18.6 Å². The van der Waals surface area contributed by atoms with Gasteiger partial charge in [0.15, 0.2) is 0 Å². The quantitative estimate of drug-likeness (QED) is 0.871. The summed E-state index contributed by atoms with van der Waals surface area (Å²) in [6.07, 6.45) is -0.656. The molecule has 0 amide bonds. The van der Waals surface area contributed by atoms with Gasteiger partial charge in [0.25, 0.3) is 0 Å². The van der Waals surface area contributed by atoms with Crippen molar-refractivity contribution >= 4 is 15.9 Å². The van der Waals surface area contributed by atoms with Gasteiger partial charge in [-0.3, -0.25) is 0 Å². The lowest BCUT2D eigenvalue weighted by atomic mass is 10.0. The average Bonchev–Trinajstić information content (AvgIpc) is 2.17. The molecule has 78 valence electrons. The fraction of sp³-hybridized carbons (Fsp3) is 0.400. The summed E-state index contributed by atoms with van der Waals surface area (Å²) >= 11 is 3.34. The minimum Gasteiger partial charge on any atom is -0.496 e. The number of aliphatic hydroxyl groups is 1. The lowest BCUT2D eigenvalue weighted by Crippen LogP contribution is -2.24. The average molecular weight is 260 g/mol. The zero-order valence-corrected chi connectivity index (χ0v) is 9.78. The topological polar surface area (TPSA) is 55.5 Å². The van der Waals surface area contributed by atoms with E-state index in [2.05, 4.69) is 15.9 Å². The Kier molecular flexibility index (Phi) is 3.92. The molecule has 1 aromatic carbocycles. The van der Waals surface area contributed by atoms with Crippen LogP contribution < -0.4 is 10.5 Å². The summed E-state index contributed by atoms with van der Waals surface area (Å²) in [7, 11) is 1.59. The van der Waals surface area contributed by atoms with E-state index in [1.54, 1.807) is 20.1 Å². The summed E-state index contributed by atoms with van der Waals surface area (Å²) in [5, 5.41) is 9.71. The lowest BCUT2D eigenvalue weighted by Gasteiger charge is -2.16. The van der Waals surface area contributed by atoms with Gasteiger partial charge >= 0.3 is 0 Å². The largest absolute Gasteiger partial charge is 0.496 e. The van der Waals surface area contributed by atoms with Gasteiger partial charge in [-0.1, -0.05) is 6.07 Å². The highest BCUT2D eigenvalue weighted by molar-refractivity contribution is 9.10. The molecule has 0 heterocycles. The highest BCUT2D eigenvalue weighted by Gasteiger charge is 2.13. The van der Waals surface area contributed by atoms with E-state index in [1.165, 1.54) is 0 Å². The van der Waals surface area contributed by atoms with Crippen LogP contribution >= 0.6 is 15.9 Å². The molecule has 2 unspecified atom stereocenters. The number of nitrogens with two attached hydrogens (primary N) is 1. The summed E-state index contributed by atoms with van der Waals surface area (Å²) < 4.78 is 5.98. The zero-order chi connectivity index (χ0) is 10.7. The van der Waals surface area contributed by atoms with Crippen LogP contribution in [0.2, 0.25) is 0 Å². The maximum Gasteiger partial charge on any atom is 0.133 e. The Morgan fingerprint density at radius 1 is 1.50 bits per heavy atom. The number of hydrogen-bond acceptors (Lipinski definition) is 3. The maximum absolute atomic E-state index is 9.71. The van der Waals surface area contributed by atoms with Crippen molar-refractivity contribution in [2.24, 2.45) is 5.73 Å². The second kappa shape index (κ2) is 4.77. The Morgan fingerprint density at radius 3 is 2.64 bits per heavy atom. The number of benzene rings is 1. The smallest absolute Gasteiger partial charge is 0.133 e. The summed E-state index contributed by atoms with van der Waals surface area (Å²) in [6, 6.07) is 5.14. The van der Waals surface area contributed by atoms with Crippen LogP contribution in [0.15, 0.2) is 22.7 Å². The first-order valence-corrected chi connectivity index (χ1v) is 5.12. The van der Waals surface area contributed by atoms with E-state index in [9.17, 15) is 5.11 Å². The molecule has 0 radical (unpaired) electrons. The van der Waals surface area contributed by atoms with Crippen molar-refractivity contribution in [3.8, 4) is 5.75 Å². The molecule has 2 atom stereocenters. The maximum atomic E-state index is 9.71. The van der Waals surface area contributed by atoms with Crippen molar-refractivity contribution in [1.82, 2.24) is 0 Å². The standard InChI is InChI=1S/C10H14BrNO2/c1-6(12)10(13)7-3-4-8(11)9(5-7)14-2/h3-6,10,13H,12H2,1-2H3. The molecule has 3 nitrogen and oxygen atoms in total. The number of ether oxygens (including phenoxy) is 1. The molecule has 0 fully saturated rings. The van der Waals surface area contributed by atoms with E-state index in [0.29, 0.717) is 5.75 Å². The van der Waals surface area contributed by atoms with Gasteiger partial charge in [-0.05, 0) is 40.5 Å². The number of methoxy groups -OCH3 is 1. The summed E-state index contributed by atoms with van der Waals surface area (Å²) in [4.78, 5) is 0. The monoisotopic (exact) mass is 259 g/mol. The second-order valence-corrected chi connectivity index (χ2v) is 4.05. The molecular formula is C10H14BrNO2. The Balaban J connectivity index is 3.00. The minimum absolute atomic E-state index is 0.291. The van der Waals surface area contributed by atoms with Crippen LogP contribution in [0.5, 0.6) is 5.75 Å². The van der Waals surface area contributed by atoms with Crippen molar-refractivity contribution in [2.75, 3.05) is 7.11 Å². The number of rotatable bonds is 3. The highest BCUT2D eigenvalue weighted by Crippen LogP contribution is 2.28. The van der Waals surface area contributed by atoms with E-state index in [1.807, 2.05) is 12.1 Å². The van der Waals surface area contributed by atoms with E-state index in [0.717, 1.165) is 10.0 Å². The molecule has 1 aromatic rings. The summed E-state index contributed by atoms with van der Waals surface area (Å²) in [6.45, 7) is 1.76. The third-order valence-electron chi connectivity index (χ3n) is 2.01. The van der Waals surface area contributed by atoms with Crippen molar-refractivity contribution in [3.63, 3.8) is 0 Å². The van der Waals surface area contributed by atoms with Crippen molar-refractivity contribution in [2.45, 2.75) is 19.1 Å². The van der Waals surface area contributed by atoms with Gasteiger partial charge in [-0.25, -0.2) is 0 Å². The fourth-order valence-corrected chi connectivity index (χ4v) is 1.57. The third kappa shape index (κ3) is 2.47. The van der Waals surface area contributed by atoms with Gasteiger partial charge in [-0.2, -0.15) is 0 Å². The Hall–Kier alpha value is -0.580. The molecule has 0 spiro atoms. The minimum atomic E-state index is -0.656. The molecule has 0 aliphatic heterocycles. The molecule has 0 aromatic heterocycles. The predicted molar refractivity (Wildman–Crippen MR) is 59.3 cm³/mol. The molecule has 14 heavy (non-hydrogen) atoms. The van der Waals surface area contributed by atoms with Crippen molar-refractivity contribution in [1.29, 1.82) is 0 Å². The van der Waals surface area contributed by atoms with Gasteiger partial charge in [-0.15, -0.1) is 0 Å². The van der Waals surface area contributed by atoms with E-state index >= 15 is 0 Å².